The third-order valence-corrected chi connectivity index (χ3v) is 3.82. The van der Waals surface area contributed by atoms with Gasteiger partial charge in [-0.2, -0.15) is 0 Å². The predicted octanol–water partition coefficient (Wildman–Crippen LogP) is 3.23. The normalized spacial score (nSPS) is 17.3. The standard InChI is InChI=1S/C17H16F2N2O2/c18-14-5-2-6-15(19)16(14)11-3-1-4-12(9-11)20-17(23)21-8-7-13(22)10-21/h1-6,9,13,22H,7-8,10H2,(H,20,23). The number of β-amino-alcohol motifs (C(OH)–C–C–N with tert-alkyl or cyclic N) is 1. The van der Waals surface area contributed by atoms with Gasteiger partial charge in [-0.3, -0.25) is 0 Å². The maximum atomic E-state index is 13.9. The fourth-order valence-corrected chi connectivity index (χ4v) is 2.65. The Morgan fingerprint density at radius 1 is 1.17 bits per heavy atom. The number of rotatable bonds is 2. The van der Waals surface area contributed by atoms with Gasteiger partial charge in [0.25, 0.3) is 0 Å². The molecule has 1 atom stereocenters. The third kappa shape index (κ3) is 3.32. The van der Waals surface area contributed by atoms with Crippen molar-refractivity contribution in [3.05, 3.63) is 54.1 Å². The van der Waals surface area contributed by atoms with Crippen LogP contribution in [-0.2, 0) is 0 Å². The molecule has 1 fully saturated rings. The summed E-state index contributed by atoms with van der Waals surface area (Å²) in [6.07, 6.45) is 0.0491. The van der Waals surface area contributed by atoms with E-state index < -0.39 is 17.7 Å². The first-order valence-corrected chi connectivity index (χ1v) is 7.33. The first-order chi connectivity index (χ1) is 11.0. The van der Waals surface area contributed by atoms with Crippen LogP contribution in [0.25, 0.3) is 11.1 Å². The maximum Gasteiger partial charge on any atom is 0.321 e. The van der Waals surface area contributed by atoms with E-state index in [1.54, 1.807) is 18.2 Å². The molecule has 0 radical (unpaired) electrons. The lowest BCUT2D eigenvalue weighted by Gasteiger charge is -2.17. The number of benzene rings is 2. The van der Waals surface area contributed by atoms with E-state index in [9.17, 15) is 18.7 Å². The summed E-state index contributed by atoms with van der Waals surface area (Å²) < 4.78 is 27.7. The molecule has 4 nitrogen and oxygen atoms in total. The number of aliphatic hydroxyl groups excluding tert-OH is 1. The summed E-state index contributed by atoms with van der Waals surface area (Å²) in [6.45, 7) is 0.766. The second-order valence-corrected chi connectivity index (χ2v) is 5.50. The molecule has 6 heteroatoms. The largest absolute Gasteiger partial charge is 0.391 e. The van der Waals surface area contributed by atoms with Crippen LogP contribution in [0.5, 0.6) is 0 Å². The molecule has 120 valence electrons. The van der Waals surface area contributed by atoms with E-state index in [1.165, 1.54) is 29.2 Å². The van der Waals surface area contributed by atoms with Crippen molar-refractivity contribution in [1.82, 2.24) is 4.90 Å². The third-order valence-electron chi connectivity index (χ3n) is 3.82. The number of halogens is 2. The molecule has 3 rings (SSSR count). The smallest absolute Gasteiger partial charge is 0.321 e. The Bertz CT molecular complexity index is 716. The minimum absolute atomic E-state index is 0.125. The van der Waals surface area contributed by atoms with E-state index in [4.69, 9.17) is 0 Å². The van der Waals surface area contributed by atoms with Gasteiger partial charge in [0, 0.05) is 18.8 Å². The number of amides is 2. The van der Waals surface area contributed by atoms with Gasteiger partial charge in [0.15, 0.2) is 0 Å². The Balaban J connectivity index is 1.82. The van der Waals surface area contributed by atoms with Crippen LogP contribution in [0.2, 0.25) is 0 Å². The van der Waals surface area contributed by atoms with E-state index in [1.807, 2.05) is 0 Å². The van der Waals surface area contributed by atoms with Crippen LogP contribution in [0.15, 0.2) is 42.5 Å². The molecular formula is C17H16F2N2O2. The average molecular weight is 318 g/mol. The van der Waals surface area contributed by atoms with Gasteiger partial charge in [-0.25, -0.2) is 13.6 Å². The van der Waals surface area contributed by atoms with Crippen molar-refractivity contribution in [1.29, 1.82) is 0 Å². The van der Waals surface area contributed by atoms with E-state index in [-0.39, 0.29) is 18.1 Å². The molecule has 2 aromatic carbocycles. The quantitative estimate of drug-likeness (QED) is 0.893. The highest BCUT2D eigenvalue weighted by Crippen LogP contribution is 2.28. The number of hydrogen-bond acceptors (Lipinski definition) is 2. The zero-order valence-corrected chi connectivity index (χ0v) is 12.3. The number of carbonyl (C=O) groups is 1. The molecule has 0 aliphatic carbocycles. The van der Waals surface area contributed by atoms with Crippen LogP contribution in [0.3, 0.4) is 0 Å². The lowest BCUT2D eigenvalue weighted by molar-refractivity contribution is 0.176. The minimum atomic E-state index is -0.656. The monoisotopic (exact) mass is 318 g/mol. The highest BCUT2D eigenvalue weighted by atomic mass is 19.1. The average Bonchev–Trinajstić information content (AvgIpc) is 2.94. The van der Waals surface area contributed by atoms with Crippen molar-refractivity contribution in [2.75, 3.05) is 18.4 Å². The fraction of sp³-hybridized carbons (Fsp3) is 0.235. The summed E-state index contributed by atoms with van der Waals surface area (Å²) in [5.74, 6) is -1.31. The van der Waals surface area contributed by atoms with Crippen LogP contribution >= 0.6 is 0 Å². The lowest BCUT2D eigenvalue weighted by atomic mass is 10.0. The number of carbonyl (C=O) groups excluding carboxylic acids is 1. The summed E-state index contributed by atoms with van der Waals surface area (Å²) in [6, 6.07) is 9.71. The van der Waals surface area contributed by atoms with Gasteiger partial charge in [0.2, 0.25) is 0 Å². The Hall–Kier alpha value is -2.47. The topological polar surface area (TPSA) is 52.6 Å². The van der Waals surface area contributed by atoms with Gasteiger partial charge in [-0.15, -0.1) is 0 Å². The second-order valence-electron chi connectivity index (χ2n) is 5.50. The van der Waals surface area contributed by atoms with Crippen molar-refractivity contribution in [3.63, 3.8) is 0 Å². The maximum absolute atomic E-state index is 13.9. The van der Waals surface area contributed by atoms with Gasteiger partial charge >= 0.3 is 6.03 Å². The molecule has 2 aromatic rings. The number of likely N-dealkylation sites (tertiary alicyclic amines) is 1. The van der Waals surface area contributed by atoms with Gasteiger partial charge in [0.05, 0.1) is 11.7 Å². The molecule has 23 heavy (non-hydrogen) atoms. The van der Waals surface area contributed by atoms with E-state index in [0.717, 1.165) is 0 Å². The van der Waals surface area contributed by atoms with Gasteiger partial charge < -0.3 is 15.3 Å². The summed E-state index contributed by atoms with van der Waals surface area (Å²) in [5, 5.41) is 12.1. The number of nitrogens with one attached hydrogen (secondary N) is 1. The van der Waals surface area contributed by atoms with Crippen LogP contribution < -0.4 is 5.32 Å². The zero-order valence-electron chi connectivity index (χ0n) is 12.3. The number of urea groups is 1. The van der Waals surface area contributed by atoms with Crippen molar-refractivity contribution < 1.29 is 18.7 Å². The Morgan fingerprint density at radius 2 is 1.87 bits per heavy atom. The minimum Gasteiger partial charge on any atom is -0.391 e. The van der Waals surface area contributed by atoms with E-state index in [0.29, 0.717) is 24.2 Å². The molecular weight excluding hydrogens is 302 g/mol. The first kappa shape index (κ1) is 15.4. The van der Waals surface area contributed by atoms with Crippen molar-refractivity contribution in [3.8, 4) is 11.1 Å². The number of aliphatic hydroxyl groups is 1. The summed E-state index contributed by atoms with van der Waals surface area (Å²) >= 11 is 0. The second kappa shape index (κ2) is 6.34. The summed E-state index contributed by atoms with van der Waals surface area (Å²) in [5.41, 5.74) is 0.664. The molecule has 1 unspecified atom stereocenters. The molecule has 0 spiro atoms. The fourth-order valence-electron chi connectivity index (χ4n) is 2.65. The highest BCUT2D eigenvalue weighted by Gasteiger charge is 2.24. The molecule has 0 bridgehead atoms. The van der Waals surface area contributed by atoms with Crippen LogP contribution in [0.4, 0.5) is 19.3 Å². The van der Waals surface area contributed by atoms with Crippen molar-refractivity contribution in [2.24, 2.45) is 0 Å². The molecule has 0 aromatic heterocycles. The Morgan fingerprint density at radius 3 is 2.52 bits per heavy atom. The van der Waals surface area contributed by atoms with Crippen LogP contribution in [0, 0.1) is 11.6 Å². The Kier molecular flexibility index (Phi) is 4.25. The van der Waals surface area contributed by atoms with Gasteiger partial charge in [0.1, 0.15) is 11.6 Å². The molecule has 0 saturated carbocycles. The summed E-state index contributed by atoms with van der Waals surface area (Å²) in [7, 11) is 0. The van der Waals surface area contributed by atoms with Gasteiger partial charge in [-0.1, -0.05) is 18.2 Å². The number of anilines is 1. The Labute approximate surface area is 132 Å². The van der Waals surface area contributed by atoms with Crippen molar-refractivity contribution in [2.45, 2.75) is 12.5 Å². The molecule has 1 heterocycles. The first-order valence-electron chi connectivity index (χ1n) is 7.33. The van der Waals surface area contributed by atoms with E-state index >= 15 is 0 Å². The van der Waals surface area contributed by atoms with E-state index in [2.05, 4.69) is 5.32 Å². The van der Waals surface area contributed by atoms with Crippen molar-refractivity contribution >= 4 is 11.7 Å². The number of nitrogens with zero attached hydrogens (tertiary/aromatic N) is 1. The SMILES string of the molecule is O=C(Nc1cccc(-c2c(F)cccc2F)c1)N1CCC(O)C1. The molecule has 1 saturated heterocycles. The molecule has 2 amide bonds. The molecule has 1 aliphatic heterocycles. The lowest BCUT2D eigenvalue weighted by Crippen LogP contribution is -2.33. The summed E-state index contributed by atoms with van der Waals surface area (Å²) in [4.78, 5) is 13.6. The van der Waals surface area contributed by atoms with Crippen LogP contribution in [-0.4, -0.2) is 35.2 Å². The van der Waals surface area contributed by atoms with Gasteiger partial charge in [-0.05, 0) is 36.2 Å². The number of hydrogen-bond donors (Lipinski definition) is 2. The highest BCUT2D eigenvalue weighted by molar-refractivity contribution is 5.90. The molecule has 1 aliphatic rings. The molecule has 2 N–H and O–H groups in total. The predicted molar refractivity (Wildman–Crippen MR) is 83.0 cm³/mol. The zero-order chi connectivity index (χ0) is 16.4. The van der Waals surface area contributed by atoms with Crippen LogP contribution in [0.1, 0.15) is 6.42 Å².